The summed E-state index contributed by atoms with van der Waals surface area (Å²) in [5.41, 5.74) is 2.33. The van der Waals surface area contributed by atoms with Crippen LogP contribution in [0.15, 0.2) is 67.0 Å². The molecule has 0 bridgehead atoms. The van der Waals surface area contributed by atoms with E-state index in [1.54, 1.807) is 36.4 Å². The summed E-state index contributed by atoms with van der Waals surface area (Å²) < 4.78 is 9.40. The molecule has 10 nitrogen and oxygen atoms in total. The van der Waals surface area contributed by atoms with Gasteiger partial charge in [0, 0.05) is 0 Å². The molecule has 2 heterocycles. The van der Waals surface area contributed by atoms with Crippen LogP contribution in [0, 0.1) is 0 Å². The van der Waals surface area contributed by atoms with Crippen LogP contribution < -0.4 is 46.1 Å². The Bertz CT molecular complexity index is 822. The summed E-state index contributed by atoms with van der Waals surface area (Å²) in [6.07, 6.45) is 0. The van der Waals surface area contributed by atoms with Crippen molar-refractivity contribution in [3.8, 4) is 0 Å². The van der Waals surface area contributed by atoms with E-state index in [2.05, 4.69) is 9.97 Å². The molecule has 0 aliphatic carbocycles. The van der Waals surface area contributed by atoms with Crippen LogP contribution in [-0.2, 0) is 16.5 Å². The Balaban J connectivity index is -0.000000323. The average Bonchev–Trinajstić information content (AvgIpc) is 2.99. The Morgan fingerprint density at radius 2 is 0.920 bits per heavy atom. The molecule has 0 aliphatic rings. The van der Waals surface area contributed by atoms with E-state index in [1.807, 2.05) is 12.1 Å². The fourth-order valence-electron chi connectivity index (χ4n) is 1.70. The quantitative estimate of drug-likeness (QED) is 0.317. The van der Waals surface area contributed by atoms with Gasteiger partial charge < -0.3 is 43.4 Å². The summed E-state index contributed by atoms with van der Waals surface area (Å²) in [5, 5.41) is 0. The summed E-state index contributed by atoms with van der Waals surface area (Å²) in [6, 6.07) is 14.1. The molecule has 0 saturated heterocycles. The maximum absolute atomic E-state index is 10.5. The Morgan fingerprint density at radius 1 is 0.600 bits per heavy atom. The molecule has 140 valence electrons. The van der Waals surface area contributed by atoms with Crippen molar-refractivity contribution in [1.29, 1.82) is 0 Å². The van der Waals surface area contributed by atoms with Gasteiger partial charge in [0.1, 0.15) is 11.2 Å². The minimum Gasteiger partial charge on any atom is -0.587 e. The monoisotopic (exact) mass is 394 g/mol. The predicted molar refractivity (Wildman–Crippen MR) is 91.7 cm³/mol. The number of oxazole rings is 2. The van der Waals surface area contributed by atoms with E-state index in [4.69, 9.17) is 8.83 Å². The van der Waals surface area contributed by atoms with Gasteiger partial charge in [0.05, 0.1) is 0 Å². The third kappa shape index (κ3) is 6.38. The number of fused-ring (bicyclic) bond motifs is 2. The zero-order valence-electron chi connectivity index (χ0n) is 13.3. The van der Waals surface area contributed by atoms with Crippen LogP contribution in [0.25, 0.3) is 22.2 Å². The Hall–Kier alpha value is -2.69. The van der Waals surface area contributed by atoms with Crippen LogP contribution in [-0.4, -0.2) is 0 Å². The smallest absolute Gasteiger partial charge is 0.587 e. The summed E-state index contributed by atoms with van der Waals surface area (Å²) in [7, 11) is 0. The van der Waals surface area contributed by atoms with Gasteiger partial charge in [-0.15, -0.1) is 0 Å². The van der Waals surface area contributed by atoms with Gasteiger partial charge in [0.2, 0.25) is 11.5 Å². The van der Waals surface area contributed by atoms with Crippen molar-refractivity contribution in [2.75, 3.05) is 0 Å². The number of para-hydroxylation sites is 4. The van der Waals surface area contributed by atoms with Gasteiger partial charge in [-0.2, -0.15) is 0 Å². The van der Waals surface area contributed by atoms with Gasteiger partial charge >= 0.3 is 16.5 Å². The van der Waals surface area contributed by atoms with Crippen LogP contribution in [0.4, 0.5) is 0 Å². The molecule has 0 fully saturated rings. The van der Waals surface area contributed by atoms with Gasteiger partial charge in [-0.25, -0.2) is 0 Å². The molecule has 2 aromatic carbocycles. The van der Waals surface area contributed by atoms with Gasteiger partial charge in [0.25, 0.3) is 0 Å². The van der Waals surface area contributed by atoms with Crippen molar-refractivity contribution < 1.29 is 25.3 Å². The van der Waals surface area contributed by atoms with Crippen molar-refractivity contribution in [2.24, 2.45) is 0 Å². The van der Waals surface area contributed by atoms with Gasteiger partial charge in [0.15, 0.2) is 0 Å². The molecule has 0 saturated carbocycles. The van der Waals surface area contributed by atoms with Crippen LogP contribution in [0.3, 0.4) is 0 Å². The maximum Gasteiger partial charge on any atom is 2.00 e. The van der Waals surface area contributed by atoms with Crippen LogP contribution >= 0.6 is 0 Å². The number of nitrogens with zero attached hydrogens (tertiary/aromatic N) is 2. The SMILES string of the molecule is N.N.N.N.O=c1[n-]c2ccccc2o1.O=c1[n-]c2ccccc2o1.[Ni+2]. The fraction of sp³-hybridized carbons (Fsp3) is 0. The Labute approximate surface area is 152 Å². The minimum absolute atomic E-state index is 0. The van der Waals surface area contributed by atoms with E-state index in [0.717, 1.165) is 0 Å². The summed E-state index contributed by atoms with van der Waals surface area (Å²) in [6.45, 7) is 0. The Morgan fingerprint density at radius 3 is 1.24 bits per heavy atom. The molecule has 2 aromatic heterocycles. The number of hydrogen-bond donors (Lipinski definition) is 4. The largest absolute Gasteiger partial charge is 2.00 e. The average molecular weight is 395 g/mol. The van der Waals surface area contributed by atoms with Crippen LogP contribution in [0.2, 0.25) is 0 Å². The number of rotatable bonds is 0. The van der Waals surface area contributed by atoms with Gasteiger partial charge in [-0.1, -0.05) is 47.4 Å². The van der Waals surface area contributed by atoms with E-state index in [9.17, 15) is 9.59 Å². The number of hydrogen-bond acceptors (Lipinski definition) is 8. The fourth-order valence-corrected chi connectivity index (χ4v) is 1.70. The van der Waals surface area contributed by atoms with Crippen molar-refractivity contribution in [2.45, 2.75) is 0 Å². The molecule has 0 atom stereocenters. The Kier molecular flexibility index (Phi) is 12.8. The molecule has 11 heteroatoms. The zero-order chi connectivity index (χ0) is 13.9. The zero-order valence-corrected chi connectivity index (χ0v) is 14.3. The first-order valence-electron chi connectivity index (χ1n) is 5.77. The van der Waals surface area contributed by atoms with E-state index in [1.165, 1.54) is 0 Å². The standard InChI is InChI=1S/2C7H5NO2.4H3N.Ni/c2*9-7-8-5-3-1-2-4-6(5)10-7;;;;;/h2*1-4H,(H,8,9);4*1H3;/q;;;;;;+2/p-2. The molecule has 4 aromatic rings. The third-order valence-corrected chi connectivity index (χ3v) is 2.55. The van der Waals surface area contributed by atoms with Crippen LogP contribution in [0.5, 0.6) is 0 Å². The molecule has 0 unspecified atom stereocenters. The molecular formula is C14H20N6NiO4. The summed E-state index contributed by atoms with van der Waals surface area (Å²) >= 11 is 0. The first-order chi connectivity index (χ1) is 9.72. The molecule has 0 aliphatic heterocycles. The van der Waals surface area contributed by atoms with Crippen molar-refractivity contribution in [3.05, 3.63) is 69.6 Å². The summed E-state index contributed by atoms with van der Waals surface area (Å²) in [5.74, 6) is -1.05. The minimum atomic E-state index is -0.527. The first kappa shape index (κ1) is 27.2. The van der Waals surface area contributed by atoms with E-state index in [-0.39, 0.29) is 41.1 Å². The van der Waals surface area contributed by atoms with Crippen molar-refractivity contribution in [3.63, 3.8) is 0 Å². The molecular weight excluding hydrogens is 375 g/mol. The number of benzene rings is 2. The van der Waals surface area contributed by atoms with E-state index >= 15 is 0 Å². The molecule has 12 N–H and O–H groups in total. The molecule has 0 spiro atoms. The third-order valence-electron chi connectivity index (χ3n) is 2.55. The molecule has 0 radical (unpaired) electrons. The van der Waals surface area contributed by atoms with Gasteiger partial charge in [-0.3, -0.25) is 9.59 Å². The van der Waals surface area contributed by atoms with Crippen molar-refractivity contribution >= 4 is 22.2 Å². The predicted octanol–water partition coefficient (Wildman–Crippen LogP) is 2.15. The second-order valence-electron chi connectivity index (χ2n) is 3.89. The second-order valence-corrected chi connectivity index (χ2v) is 3.89. The molecule has 4 rings (SSSR count). The molecule has 0 amide bonds. The van der Waals surface area contributed by atoms with Gasteiger partial charge in [-0.05, 0) is 12.1 Å². The molecule has 25 heavy (non-hydrogen) atoms. The van der Waals surface area contributed by atoms with Crippen molar-refractivity contribution in [1.82, 2.24) is 34.6 Å². The van der Waals surface area contributed by atoms with E-state index < -0.39 is 11.5 Å². The number of aromatic nitrogens is 2. The first-order valence-corrected chi connectivity index (χ1v) is 5.77. The maximum atomic E-state index is 10.5. The normalized spacial score (nSPS) is 8.32. The van der Waals surface area contributed by atoms with E-state index in [0.29, 0.717) is 22.2 Å². The topological polar surface area (TPSA) is 229 Å². The summed E-state index contributed by atoms with van der Waals surface area (Å²) in [4.78, 5) is 28.2. The van der Waals surface area contributed by atoms with Crippen LogP contribution in [0.1, 0.15) is 0 Å². The second kappa shape index (κ2) is 11.8.